The number of pyridine rings is 1. The molecule has 0 spiro atoms. The molecule has 0 radical (unpaired) electrons. The molecule has 0 bridgehead atoms. The van der Waals surface area contributed by atoms with Crippen molar-refractivity contribution in [3.8, 4) is 0 Å². The summed E-state index contributed by atoms with van der Waals surface area (Å²) in [7, 11) is -3.46. The number of hydrogen-bond acceptors (Lipinski definition) is 4. The number of aromatic nitrogens is 1. The zero-order valence-electron chi connectivity index (χ0n) is 11.8. The first-order chi connectivity index (χ1) is 9.03. The summed E-state index contributed by atoms with van der Waals surface area (Å²) in [5, 5.41) is 3.01. The summed E-state index contributed by atoms with van der Waals surface area (Å²) < 4.78 is 27.3. The smallest absolute Gasteiger partial charge is 0.241 e. The first-order valence-electron chi connectivity index (χ1n) is 6.75. The van der Waals surface area contributed by atoms with Crippen LogP contribution in [0.4, 0.5) is 5.82 Å². The highest BCUT2D eigenvalue weighted by Crippen LogP contribution is 2.14. The summed E-state index contributed by atoms with van der Waals surface area (Å²) >= 11 is 0. The Morgan fingerprint density at radius 3 is 2.63 bits per heavy atom. The molecule has 1 aromatic heterocycles. The molecule has 2 N–H and O–H groups in total. The molecule has 0 saturated heterocycles. The minimum Gasteiger partial charge on any atom is -0.370 e. The number of sulfonamides is 1. The lowest BCUT2D eigenvalue weighted by Crippen LogP contribution is -2.34. The molecule has 0 fully saturated rings. The summed E-state index contributed by atoms with van der Waals surface area (Å²) in [6.07, 6.45) is 4.10. The van der Waals surface area contributed by atoms with Crippen LogP contribution in [0.2, 0.25) is 0 Å². The quantitative estimate of drug-likeness (QED) is 0.769. The van der Waals surface area contributed by atoms with E-state index in [2.05, 4.69) is 15.0 Å². The Bertz CT molecular complexity index is 488. The van der Waals surface area contributed by atoms with Crippen LogP contribution in [0.15, 0.2) is 23.2 Å². The lowest BCUT2D eigenvalue weighted by atomic mass is 10.1. The van der Waals surface area contributed by atoms with Crippen LogP contribution in [-0.2, 0) is 10.0 Å². The van der Waals surface area contributed by atoms with Gasteiger partial charge >= 0.3 is 0 Å². The largest absolute Gasteiger partial charge is 0.370 e. The van der Waals surface area contributed by atoms with Gasteiger partial charge in [0, 0.05) is 24.8 Å². The van der Waals surface area contributed by atoms with E-state index in [1.807, 2.05) is 20.8 Å². The van der Waals surface area contributed by atoms with Crippen molar-refractivity contribution in [3.63, 3.8) is 0 Å². The Balaban J connectivity index is 2.89. The molecule has 1 rings (SSSR count). The molecule has 1 aromatic rings. The third-order valence-electron chi connectivity index (χ3n) is 2.85. The highest BCUT2D eigenvalue weighted by molar-refractivity contribution is 7.89. The second-order valence-electron chi connectivity index (χ2n) is 4.42. The van der Waals surface area contributed by atoms with Gasteiger partial charge in [0.05, 0.1) is 4.90 Å². The van der Waals surface area contributed by atoms with Gasteiger partial charge in [-0.3, -0.25) is 0 Å². The number of nitrogens with zero attached hydrogens (tertiary/aromatic N) is 1. The number of hydrogen-bond donors (Lipinski definition) is 2. The molecule has 0 aromatic carbocycles. The number of anilines is 1. The maximum absolute atomic E-state index is 12.3. The van der Waals surface area contributed by atoms with Gasteiger partial charge in [-0.15, -0.1) is 0 Å². The fourth-order valence-corrected chi connectivity index (χ4v) is 3.20. The van der Waals surface area contributed by atoms with Crippen LogP contribution in [0.25, 0.3) is 0 Å². The van der Waals surface area contributed by atoms with Crippen molar-refractivity contribution in [2.45, 2.75) is 51.0 Å². The Morgan fingerprint density at radius 1 is 1.32 bits per heavy atom. The van der Waals surface area contributed by atoms with Crippen molar-refractivity contribution in [2.24, 2.45) is 0 Å². The van der Waals surface area contributed by atoms with Gasteiger partial charge in [-0.25, -0.2) is 18.1 Å². The number of nitrogens with one attached hydrogen (secondary N) is 2. The van der Waals surface area contributed by atoms with E-state index in [0.717, 1.165) is 19.3 Å². The van der Waals surface area contributed by atoms with E-state index in [1.54, 1.807) is 6.07 Å². The predicted molar refractivity (Wildman–Crippen MR) is 77.7 cm³/mol. The molecule has 1 heterocycles. The molecule has 0 aliphatic heterocycles. The van der Waals surface area contributed by atoms with Gasteiger partial charge in [-0.05, 0) is 25.8 Å². The van der Waals surface area contributed by atoms with Crippen molar-refractivity contribution < 1.29 is 8.42 Å². The molecular formula is C13H23N3O2S. The van der Waals surface area contributed by atoms with Crippen LogP contribution in [0.5, 0.6) is 0 Å². The zero-order chi connectivity index (χ0) is 14.3. The third-order valence-corrected chi connectivity index (χ3v) is 4.37. The lowest BCUT2D eigenvalue weighted by Gasteiger charge is -2.16. The first-order valence-corrected chi connectivity index (χ1v) is 8.24. The standard InChI is InChI=1S/C13H23N3O2S/c1-4-7-11(5-2)16-19(17,18)12-8-9-15-13(10-12)14-6-3/h8-11,16H,4-7H2,1-3H3,(H,14,15). The van der Waals surface area contributed by atoms with Crippen LogP contribution < -0.4 is 10.0 Å². The molecule has 1 unspecified atom stereocenters. The Hall–Kier alpha value is -1.14. The molecule has 1 atom stereocenters. The average molecular weight is 285 g/mol. The van der Waals surface area contributed by atoms with Gasteiger partial charge in [0.1, 0.15) is 5.82 Å². The van der Waals surface area contributed by atoms with Crippen LogP contribution in [0, 0.1) is 0 Å². The SMILES string of the molecule is CCCC(CC)NS(=O)(=O)c1ccnc(NCC)c1. The molecule has 6 heteroatoms. The molecule has 19 heavy (non-hydrogen) atoms. The van der Waals surface area contributed by atoms with Gasteiger partial charge in [-0.2, -0.15) is 0 Å². The second-order valence-corrected chi connectivity index (χ2v) is 6.14. The molecule has 0 aliphatic rings. The third kappa shape index (κ3) is 4.80. The van der Waals surface area contributed by atoms with Crippen LogP contribution in [0.3, 0.4) is 0 Å². The van der Waals surface area contributed by atoms with Crippen molar-refractivity contribution in [1.82, 2.24) is 9.71 Å². The highest BCUT2D eigenvalue weighted by atomic mass is 32.2. The minimum absolute atomic E-state index is 0.00857. The van der Waals surface area contributed by atoms with E-state index >= 15 is 0 Å². The summed E-state index contributed by atoms with van der Waals surface area (Å²) in [5.41, 5.74) is 0. The lowest BCUT2D eigenvalue weighted by molar-refractivity contribution is 0.512. The Morgan fingerprint density at radius 2 is 2.05 bits per heavy atom. The van der Waals surface area contributed by atoms with E-state index in [9.17, 15) is 8.42 Å². The van der Waals surface area contributed by atoms with Crippen LogP contribution >= 0.6 is 0 Å². The van der Waals surface area contributed by atoms with Crippen molar-refractivity contribution in [3.05, 3.63) is 18.3 Å². The molecule has 108 valence electrons. The van der Waals surface area contributed by atoms with Gasteiger partial charge < -0.3 is 5.32 Å². The fraction of sp³-hybridized carbons (Fsp3) is 0.615. The van der Waals surface area contributed by atoms with E-state index in [4.69, 9.17) is 0 Å². The molecule has 5 nitrogen and oxygen atoms in total. The summed E-state index contributed by atoms with van der Waals surface area (Å²) in [5.74, 6) is 0.578. The van der Waals surface area contributed by atoms with E-state index in [-0.39, 0.29) is 10.9 Å². The normalized spacial score (nSPS) is 13.2. The molecular weight excluding hydrogens is 262 g/mol. The Kier molecular flexibility index (Phi) is 6.24. The summed E-state index contributed by atoms with van der Waals surface area (Å²) in [4.78, 5) is 4.33. The topological polar surface area (TPSA) is 71.1 Å². The summed E-state index contributed by atoms with van der Waals surface area (Å²) in [6.45, 7) is 6.68. The maximum Gasteiger partial charge on any atom is 0.241 e. The number of rotatable bonds is 8. The fourth-order valence-electron chi connectivity index (χ4n) is 1.84. The van der Waals surface area contributed by atoms with Crippen LogP contribution in [-0.4, -0.2) is 26.0 Å². The first kappa shape index (κ1) is 15.9. The average Bonchev–Trinajstić information content (AvgIpc) is 2.39. The van der Waals surface area contributed by atoms with E-state index in [0.29, 0.717) is 12.4 Å². The van der Waals surface area contributed by atoms with Gasteiger partial charge in [0.2, 0.25) is 10.0 Å². The van der Waals surface area contributed by atoms with Crippen molar-refractivity contribution in [2.75, 3.05) is 11.9 Å². The second kappa shape index (κ2) is 7.45. The van der Waals surface area contributed by atoms with Crippen molar-refractivity contribution >= 4 is 15.8 Å². The van der Waals surface area contributed by atoms with E-state index in [1.165, 1.54) is 12.3 Å². The highest BCUT2D eigenvalue weighted by Gasteiger charge is 2.18. The van der Waals surface area contributed by atoms with E-state index < -0.39 is 10.0 Å². The van der Waals surface area contributed by atoms with Gasteiger partial charge in [-0.1, -0.05) is 20.3 Å². The van der Waals surface area contributed by atoms with Gasteiger partial charge in [0.15, 0.2) is 0 Å². The Labute approximate surface area is 115 Å². The monoisotopic (exact) mass is 285 g/mol. The zero-order valence-corrected chi connectivity index (χ0v) is 12.6. The predicted octanol–water partition coefficient (Wildman–Crippen LogP) is 2.37. The maximum atomic E-state index is 12.3. The summed E-state index contributed by atoms with van der Waals surface area (Å²) in [6, 6.07) is 3.07. The molecule has 0 aliphatic carbocycles. The van der Waals surface area contributed by atoms with Gasteiger partial charge in [0.25, 0.3) is 0 Å². The molecule has 0 saturated carbocycles. The van der Waals surface area contributed by atoms with Crippen LogP contribution in [0.1, 0.15) is 40.0 Å². The molecule has 0 amide bonds. The van der Waals surface area contributed by atoms with Crippen molar-refractivity contribution in [1.29, 1.82) is 0 Å². The minimum atomic E-state index is -3.46.